The summed E-state index contributed by atoms with van der Waals surface area (Å²) in [5, 5.41) is 22.3. The number of halogens is 1. The van der Waals surface area contributed by atoms with Crippen LogP contribution in [0.25, 0.3) is 5.52 Å². The van der Waals surface area contributed by atoms with Gasteiger partial charge in [-0.25, -0.2) is 13.7 Å². The topological polar surface area (TPSA) is 103 Å². The zero-order valence-electron chi connectivity index (χ0n) is 17.8. The maximum absolute atomic E-state index is 12.3. The van der Waals surface area contributed by atoms with Crippen molar-refractivity contribution >= 4 is 28.6 Å². The van der Waals surface area contributed by atoms with Crippen molar-refractivity contribution in [3.8, 4) is 17.6 Å². The average Bonchev–Trinajstić information content (AvgIpc) is 3.15. The zero-order valence-corrected chi connectivity index (χ0v) is 17.8. The van der Waals surface area contributed by atoms with E-state index in [1.807, 2.05) is 61.5 Å². The summed E-state index contributed by atoms with van der Waals surface area (Å²) in [5.74, 6) is 1.41. The first-order valence-corrected chi connectivity index (χ1v) is 10.2. The standard InChI is InChI=1S/C24H21FN6O2/c1-16-21(30-24(32)27-12-11-25)15-31-23(16)22(17(13-26)14-28-31)29-18-7-9-20(10-8-18)33-19-5-3-2-4-6-19/h2-10,14-15,29H,11-12H2,1H3,(H2,27,30,32). The molecule has 0 spiro atoms. The third-order valence-corrected chi connectivity index (χ3v) is 4.91. The summed E-state index contributed by atoms with van der Waals surface area (Å²) in [5.41, 5.74) is 3.50. The molecule has 0 bridgehead atoms. The van der Waals surface area contributed by atoms with Crippen LogP contribution in [-0.4, -0.2) is 28.9 Å². The lowest BCUT2D eigenvalue weighted by atomic mass is 10.1. The molecule has 0 fully saturated rings. The third-order valence-electron chi connectivity index (χ3n) is 4.91. The average molecular weight is 444 g/mol. The second-order valence-corrected chi connectivity index (χ2v) is 7.14. The number of carbonyl (C=O) groups is 1. The fourth-order valence-corrected chi connectivity index (χ4v) is 3.33. The monoisotopic (exact) mass is 444 g/mol. The van der Waals surface area contributed by atoms with Crippen LogP contribution in [0.5, 0.6) is 11.5 Å². The zero-order chi connectivity index (χ0) is 23.2. The van der Waals surface area contributed by atoms with Crippen molar-refractivity contribution in [2.24, 2.45) is 0 Å². The van der Waals surface area contributed by atoms with Crippen molar-refractivity contribution in [1.29, 1.82) is 5.26 Å². The molecule has 0 saturated heterocycles. The Morgan fingerprint density at radius 1 is 1.15 bits per heavy atom. The fraction of sp³-hybridized carbons (Fsp3) is 0.125. The summed E-state index contributed by atoms with van der Waals surface area (Å²) in [7, 11) is 0. The van der Waals surface area contributed by atoms with E-state index >= 15 is 0 Å². The number of nitriles is 1. The van der Waals surface area contributed by atoms with Crippen LogP contribution >= 0.6 is 0 Å². The molecule has 3 N–H and O–H groups in total. The van der Waals surface area contributed by atoms with Gasteiger partial charge in [-0.05, 0) is 43.3 Å². The van der Waals surface area contributed by atoms with Crippen LogP contribution in [-0.2, 0) is 0 Å². The number of para-hydroxylation sites is 1. The van der Waals surface area contributed by atoms with Gasteiger partial charge in [0, 0.05) is 17.8 Å². The first-order chi connectivity index (χ1) is 16.1. The molecule has 0 saturated carbocycles. The predicted molar refractivity (Wildman–Crippen MR) is 124 cm³/mol. The summed E-state index contributed by atoms with van der Waals surface area (Å²) in [6.07, 6.45) is 3.09. The third kappa shape index (κ3) is 4.85. The smallest absolute Gasteiger partial charge is 0.319 e. The van der Waals surface area contributed by atoms with E-state index in [-0.39, 0.29) is 6.54 Å². The number of ether oxygens (including phenoxy) is 1. The van der Waals surface area contributed by atoms with Crippen LogP contribution in [0.2, 0.25) is 0 Å². The molecule has 8 nitrogen and oxygen atoms in total. The Balaban J connectivity index is 1.61. The quantitative estimate of drug-likeness (QED) is 0.366. The molecule has 2 aromatic heterocycles. The number of anilines is 3. The van der Waals surface area contributed by atoms with Gasteiger partial charge in [0.05, 0.1) is 34.8 Å². The molecule has 0 aliphatic heterocycles. The van der Waals surface area contributed by atoms with Gasteiger partial charge in [0.2, 0.25) is 0 Å². The second-order valence-electron chi connectivity index (χ2n) is 7.14. The number of nitrogens with one attached hydrogen (secondary N) is 3. The maximum atomic E-state index is 12.3. The van der Waals surface area contributed by atoms with Crippen LogP contribution in [0.1, 0.15) is 11.1 Å². The SMILES string of the molecule is Cc1c(NC(=O)NCCF)cn2ncc(C#N)c(Nc3ccc(Oc4ccccc4)cc3)c12. The molecule has 33 heavy (non-hydrogen) atoms. The van der Waals surface area contributed by atoms with Crippen molar-refractivity contribution in [3.05, 3.63) is 78.1 Å². The minimum Gasteiger partial charge on any atom is -0.457 e. The van der Waals surface area contributed by atoms with Gasteiger partial charge in [-0.1, -0.05) is 18.2 Å². The molecule has 0 aliphatic carbocycles. The Bertz CT molecular complexity index is 1310. The van der Waals surface area contributed by atoms with E-state index in [2.05, 4.69) is 27.1 Å². The van der Waals surface area contributed by atoms with Gasteiger partial charge >= 0.3 is 6.03 Å². The van der Waals surface area contributed by atoms with E-state index in [4.69, 9.17) is 4.74 Å². The molecule has 2 amide bonds. The summed E-state index contributed by atoms with van der Waals surface area (Å²) in [6, 6.07) is 18.4. The summed E-state index contributed by atoms with van der Waals surface area (Å²) in [4.78, 5) is 12.0. The highest BCUT2D eigenvalue weighted by Gasteiger charge is 2.17. The number of hydrogen-bond donors (Lipinski definition) is 3. The molecule has 0 aliphatic rings. The van der Waals surface area contributed by atoms with Crippen molar-refractivity contribution in [2.45, 2.75) is 6.92 Å². The van der Waals surface area contributed by atoms with Gasteiger partial charge in [0.25, 0.3) is 0 Å². The molecular weight excluding hydrogens is 423 g/mol. The molecule has 0 atom stereocenters. The number of hydrogen-bond acceptors (Lipinski definition) is 5. The van der Waals surface area contributed by atoms with Crippen LogP contribution in [0.3, 0.4) is 0 Å². The molecule has 2 aromatic carbocycles. The van der Waals surface area contributed by atoms with Crippen molar-refractivity contribution in [2.75, 3.05) is 23.9 Å². The number of carbonyl (C=O) groups excluding carboxylic acids is 1. The lowest BCUT2D eigenvalue weighted by Gasteiger charge is -2.12. The van der Waals surface area contributed by atoms with Crippen molar-refractivity contribution in [3.63, 3.8) is 0 Å². The van der Waals surface area contributed by atoms with Crippen LogP contribution in [0, 0.1) is 18.3 Å². The fourth-order valence-electron chi connectivity index (χ4n) is 3.33. The summed E-state index contributed by atoms with van der Waals surface area (Å²) >= 11 is 0. The lowest BCUT2D eigenvalue weighted by Crippen LogP contribution is -2.30. The maximum Gasteiger partial charge on any atom is 0.319 e. The number of urea groups is 1. The first kappa shape index (κ1) is 21.6. The van der Waals surface area contributed by atoms with E-state index in [1.165, 1.54) is 6.20 Å². The van der Waals surface area contributed by atoms with Crippen LogP contribution in [0.15, 0.2) is 67.0 Å². The van der Waals surface area contributed by atoms with Gasteiger partial charge in [-0.2, -0.15) is 10.4 Å². The number of aryl methyl sites for hydroxylation is 1. The highest BCUT2D eigenvalue weighted by molar-refractivity contribution is 5.94. The molecule has 2 heterocycles. The Kier molecular flexibility index (Phi) is 6.36. The highest BCUT2D eigenvalue weighted by atomic mass is 19.1. The molecule has 9 heteroatoms. The predicted octanol–water partition coefficient (Wildman–Crippen LogP) is 5.14. The number of nitrogens with zero attached hydrogens (tertiary/aromatic N) is 3. The highest BCUT2D eigenvalue weighted by Crippen LogP contribution is 2.33. The van der Waals surface area contributed by atoms with Gasteiger partial charge in [-0.3, -0.25) is 0 Å². The van der Waals surface area contributed by atoms with Gasteiger partial charge < -0.3 is 20.7 Å². The molecular formula is C24H21FN6O2. The van der Waals surface area contributed by atoms with E-state index < -0.39 is 12.7 Å². The van der Waals surface area contributed by atoms with E-state index in [1.54, 1.807) is 10.7 Å². The van der Waals surface area contributed by atoms with Gasteiger partial charge in [-0.15, -0.1) is 0 Å². The minimum absolute atomic E-state index is 0.0775. The van der Waals surface area contributed by atoms with E-state index in [0.717, 1.165) is 11.4 Å². The summed E-state index contributed by atoms with van der Waals surface area (Å²) < 4.78 is 19.7. The molecule has 0 radical (unpaired) electrons. The molecule has 4 aromatic rings. The molecule has 166 valence electrons. The van der Waals surface area contributed by atoms with Crippen LogP contribution in [0.4, 0.5) is 26.2 Å². The van der Waals surface area contributed by atoms with Crippen molar-refractivity contribution in [1.82, 2.24) is 14.9 Å². The Hall–Kier alpha value is -4.58. The van der Waals surface area contributed by atoms with E-state index in [9.17, 15) is 14.4 Å². The minimum atomic E-state index is -0.652. The van der Waals surface area contributed by atoms with Gasteiger partial charge in [0.15, 0.2) is 0 Å². The Labute approximate surface area is 189 Å². The number of rotatable bonds is 7. The number of amides is 2. The van der Waals surface area contributed by atoms with Gasteiger partial charge in [0.1, 0.15) is 24.2 Å². The number of alkyl halides is 1. The molecule has 4 rings (SSSR count). The van der Waals surface area contributed by atoms with Crippen LogP contribution < -0.4 is 20.7 Å². The number of benzene rings is 2. The lowest BCUT2D eigenvalue weighted by molar-refractivity contribution is 0.251. The normalized spacial score (nSPS) is 10.5. The second kappa shape index (κ2) is 9.70. The number of fused-ring (bicyclic) bond motifs is 1. The molecule has 0 unspecified atom stereocenters. The largest absolute Gasteiger partial charge is 0.457 e. The Morgan fingerprint density at radius 2 is 1.88 bits per heavy atom. The van der Waals surface area contributed by atoms with E-state index in [0.29, 0.717) is 33.8 Å². The van der Waals surface area contributed by atoms with Crippen molar-refractivity contribution < 1.29 is 13.9 Å². The Morgan fingerprint density at radius 3 is 2.58 bits per heavy atom. The number of aromatic nitrogens is 2. The summed E-state index contributed by atoms with van der Waals surface area (Å²) in [6.45, 7) is 1.08. The first-order valence-electron chi connectivity index (χ1n) is 10.2.